The van der Waals surface area contributed by atoms with Crippen LogP contribution in [0.1, 0.15) is 19.0 Å². The van der Waals surface area contributed by atoms with Crippen molar-refractivity contribution < 1.29 is 4.79 Å². The lowest BCUT2D eigenvalue weighted by Gasteiger charge is -2.40. The number of likely N-dealkylation sites (tertiary alicyclic amines) is 1. The molecule has 1 unspecified atom stereocenters. The van der Waals surface area contributed by atoms with Crippen LogP contribution in [-0.2, 0) is 4.79 Å². The summed E-state index contributed by atoms with van der Waals surface area (Å²) in [5, 5.41) is 4.19. The van der Waals surface area contributed by atoms with Gasteiger partial charge < -0.3 is 9.47 Å². The van der Waals surface area contributed by atoms with Gasteiger partial charge in [-0.3, -0.25) is 9.48 Å². The Labute approximate surface area is 105 Å². The maximum atomic E-state index is 12.2. The van der Waals surface area contributed by atoms with E-state index in [0.29, 0.717) is 6.04 Å². The molecule has 2 aromatic rings. The van der Waals surface area contributed by atoms with E-state index in [9.17, 15) is 4.79 Å². The molecule has 0 aliphatic carbocycles. The Morgan fingerprint density at radius 2 is 2.17 bits per heavy atom. The SMILES string of the molecule is CC(C(=O)N1CC(n2cccn2)C1)n1ccnc1. The zero-order chi connectivity index (χ0) is 12.5. The van der Waals surface area contributed by atoms with Crippen molar-refractivity contribution in [1.82, 2.24) is 24.2 Å². The second kappa shape index (κ2) is 4.29. The monoisotopic (exact) mass is 245 g/mol. The van der Waals surface area contributed by atoms with Crippen molar-refractivity contribution in [2.75, 3.05) is 13.1 Å². The van der Waals surface area contributed by atoms with E-state index in [1.165, 1.54) is 0 Å². The van der Waals surface area contributed by atoms with Crippen molar-refractivity contribution in [2.24, 2.45) is 0 Å². The zero-order valence-corrected chi connectivity index (χ0v) is 10.2. The molecule has 2 aromatic heterocycles. The van der Waals surface area contributed by atoms with E-state index in [4.69, 9.17) is 0 Å². The van der Waals surface area contributed by atoms with Crippen LogP contribution in [0.2, 0.25) is 0 Å². The third-order valence-corrected chi connectivity index (χ3v) is 3.40. The Hall–Kier alpha value is -2.11. The van der Waals surface area contributed by atoms with Gasteiger partial charge in [0.15, 0.2) is 0 Å². The molecule has 1 saturated heterocycles. The predicted octanol–water partition coefficient (Wildman–Crippen LogP) is 0.724. The van der Waals surface area contributed by atoms with Crippen LogP contribution in [0.25, 0.3) is 0 Å². The molecular weight excluding hydrogens is 230 g/mol. The second-order valence-corrected chi connectivity index (χ2v) is 4.57. The molecule has 6 heteroatoms. The minimum atomic E-state index is -0.189. The number of hydrogen-bond donors (Lipinski definition) is 0. The first-order chi connectivity index (χ1) is 8.75. The summed E-state index contributed by atoms with van der Waals surface area (Å²) in [6.07, 6.45) is 8.87. The third kappa shape index (κ3) is 1.79. The fourth-order valence-corrected chi connectivity index (χ4v) is 2.19. The van der Waals surface area contributed by atoms with Gasteiger partial charge in [0, 0.05) is 37.9 Å². The molecular formula is C12H15N5O. The Kier molecular flexibility index (Phi) is 2.62. The molecule has 0 saturated carbocycles. The first-order valence-corrected chi connectivity index (χ1v) is 6.01. The summed E-state index contributed by atoms with van der Waals surface area (Å²) in [5.41, 5.74) is 0. The minimum Gasteiger partial charge on any atom is -0.336 e. The van der Waals surface area contributed by atoms with Crippen molar-refractivity contribution in [3.8, 4) is 0 Å². The van der Waals surface area contributed by atoms with Crippen LogP contribution in [0.3, 0.4) is 0 Å². The van der Waals surface area contributed by atoms with E-state index in [-0.39, 0.29) is 11.9 Å². The van der Waals surface area contributed by atoms with Gasteiger partial charge >= 0.3 is 0 Å². The number of imidazole rings is 1. The maximum Gasteiger partial charge on any atom is 0.245 e. The maximum absolute atomic E-state index is 12.2. The van der Waals surface area contributed by atoms with Crippen molar-refractivity contribution in [1.29, 1.82) is 0 Å². The topological polar surface area (TPSA) is 56.0 Å². The van der Waals surface area contributed by atoms with Crippen LogP contribution in [0, 0.1) is 0 Å². The largest absolute Gasteiger partial charge is 0.336 e. The number of aromatic nitrogens is 4. The molecule has 1 fully saturated rings. The highest BCUT2D eigenvalue weighted by Crippen LogP contribution is 2.23. The van der Waals surface area contributed by atoms with E-state index < -0.39 is 0 Å². The molecule has 3 heterocycles. The van der Waals surface area contributed by atoms with Gasteiger partial charge in [-0.2, -0.15) is 5.10 Å². The van der Waals surface area contributed by atoms with Gasteiger partial charge in [0.25, 0.3) is 0 Å². The van der Waals surface area contributed by atoms with E-state index >= 15 is 0 Å². The van der Waals surface area contributed by atoms with Gasteiger partial charge in [-0.15, -0.1) is 0 Å². The lowest BCUT2D eigenvalue weighted by atomic mass is 10.1. The number of amides is 1. The number of rotatable bonds is 3. The molecule has 1 aliphatic rings. The Balaban J connectivity index is 1.60. The first kappa shape index (κ1) is 11.0. The summed E-state index contributed by atoms with van der Waals surface area (Å²) in [4.78, 5) is 18.0. The highest BCUT2D eigenvalue weighted by atomic mass is 16.2. The lowest BCUT2D eigenvalue weighted by molar-refractivity contribution is -0.140. The van der Waals surface area contributed by atoms with Crippen LogP contribution in [-0.4, -0.2) is 43.2 Å². The van der Waals surface area contributed by atoms with Crippen molar-refractivity contribution in [2.45, 2.75) is 19.0 Å². The van der Waals surface area contributed by atoms with E-state index in [2.05, 4.69) is 10.1 Å². The van der Waals surface area contributed by atoms with Crippen LogP contribution < -0.4 is 0 Å². The van der Waals surface area contributed by atoms with E-state index in [1.807, 2.05) is 39.5 Å². The van der Waals surface area contributed by atoms with Gasteiger partial charge in [0.05, 0.1) is 12.4 Å². The van der Waals surface area contributed by atoms with Gasteiger partial charge in [0.2, 0.25) is 5.91 Å². The van der Waals surface area contributed by atoms with E-state index in [0.717, 1.165) is 13.1 Å². The molecule has 1 amide bonds. The Bertz CT molecular complexity index is 513. The fourth-order valence-electron chi connectivity index (χ4n) is 2.19. The second-order valence-electron chi connectivity index (χ2n) is 4.57. The summed E-state index contributed by atoms with van der Waals surface area (Å²) in [5.74, 6) is 0.136. The quantitative estimate of drug-likeness (QED) is 0.800. The summed E-state index contributed by atoms with van der Waals surface area (Å²) < 4.78 is 3.73. The fraction of sp³-hybridized carbons (Fsp3) is 0.417. The molecule has 0 N–H and O–H groups in total. The van der Waals surface area contributed by atoms with Gasteiger partial charge in [0.1, 0.15) is 6.04 Å². The molecule has 3 rings (SSSR count). The van der Waals surface area contributed by atoms with Crippen molar-refractivity contribution >= 4 is 5.91 Å². The molecule has 0 radical (unpaired) electrons. The molecule has 0 bridgehead atoms. The molecule has 6 nitrogen and oxygen atoms in total. The average molecular weight is 245 g/mol. The van der Waals surface area contributed by atoms with Gasteiger partial charge in [-0.05, 0) is 13.0 Å². The first-order valence-electron chi connectivity index (χ1n) is 6.01. The number of hydrogen-bond acceptors (Lipinski definition) is 3. The molecule has 94 valence electrons. The highest BCUT2D eigenvalue weighted by molar-refractivity contribution is 5.80. The number of carbonyl (C=O) groups is 1. The normalized spacial score (nSPS) is 17.5. The van der Waals surface area contributed by atoms with Crippen LogP contribution in [0.15, 0.2) is 37.2 Å². The number of nitrogens with zero attached hydrogens (tertiary/aromatic N) is 5. The van der Waals surface area contributed by atoms with Crippen LogP contribution in [0.4, 0.5) is 0 Å². The molecule has 1 atom stereocenters. The minimum absolute atomic E-state index is 0.136. The smallest absolute Gasteiger partial charge is 0.245 e. The standard InChI is InChI=1S/C12H15N5O/c1-10(15-6-4-13-9-15)12(18)16-7-11(8-16)17-5-2-3-14-17/h2-6,9-11H,7-8H2,1H3. The highest BCUT2D eigenvalue weighted by Gasteiger charge is 2.34. The lowest BCUT2D eigenvalue weighted by Crippen LogP contribution is -2.52. The molecule has 0 spiro atoms. The average Bonchev–Trinajstić information content (AvgIpc) is 2.98. The summed E-state index contributed by atoms with van der Waals surface area (Å²) >= 11 is 0. The van der Waals surface area contributed by atoms with Crippen LogP contribution >= 0.6 is 0 Å². The van der Waals surface area contributed by atoms with Gasteiger partial charge in [-0.25, -0.2) is 4.98 Å². The molecule has 18 heavy (non-hydrogen) atoms. The molecule has 0 aromatic carbocycles. The van der Waals surface area contributed by atoms with E-state index in [1.54, 1.807) is 18.7 Å². The van der Waals surface area contributed by atoms with Crippen molar-refractivity contribution in [3.63, 3.8) is 0 Å². The zero-order valence-electron chi connectivity index (χ0n) is 10.2. The Morgan fingerprint density at radius 3 is 2.78 bits per heavy atom. The summed E-state index contributed by atoms with van der Waals surface area (Å²) in [6.45, 7) is 3.37. The molecule has 1 aliphatic heterocycles. The summed E-state index contributed by atoms with van der Waals surface area (Å²) in [6, 6.07) is 2.03. The van der Waals surface area contributed by atoms with Gasteiger partial charge in [-0.1, -0.05) is 0 Å². The van der Waals surface area contributed by atoms with Crippen LogP contribution in [0.5, 0.6) is 0 Å². The summed E-state index contributed by atoms with van der Waals surface area (Å²) in [7, 11) is 0. The Morgan fingerprint density at radius 1 is 1.33 bits per heavy atom. The number of carbonyl (C=O) groups excluding carboxylic acids is 1. The third-order valence-electron chi connectivity index (χ3n) is 3.40. The van der Waals surface area contributed by atoms with Crippen molar-refractivity contribution in [3.05, 3.63) is 37.2 Å². The predicted molar refractivity (Wildman–Crippen MR) is 64.8 cm³/mol.